The molecule has 4 heterocycles. The van der Waals surface area contributed by atoms with Gasteiger partial charge in [0.1, 0.15) is 0 Å². The van der Waals surface area contributed by atoms with Gasteiger partial charge in [-0.2, -0.15) is 5.10 Å². The average molecular weight is 363 g/mol. The first-order valence-electron chi connectivity index (χ1n) is 9.22. The fraction of sp³-hybridized carbons (Fsp3) is 0.400. The Morgan fingerprint density at radius 2 is 2.04 bits per heavy atom. The van der Waals surface area contributed by atoms with Crippen molar-refractivity contribution >= 4 is 27.2 Å². The summed E-state index contributed by atoms with van der Waals surface area (Å²) in [5.41, 5.74) is 5.44. The summed E-state index contributed by atoms with van der Waals surface area (Å²) in [6.45, 7) is 4.54. The maximum absolute atomic E-state index is 4.94. The lowest BCUT2D eigenvalue weighted by molar-refractivity contribution is 0.0349. The van der Waals surface area contributed by atoms with Crippen LogP contribution in [-0.2, 0) is 7.05 Å². The zero-order valence-corrected chi connectivity index (χ0v) is 15.8. The summed E-state index contributed by atoms with van der Waals surface area (Å²) in [6, 6.07) is 4.47. The largest absolute Gasteiger partial charge is 0.316 e. The molecule has 5 nitrogen and oxygen atoms in total. The fourth-order valence-corrected chi connectivity index (χ4v) is 5.64. The Hall–Kier alpha value is -2.18. The van der Waals surface area contributed by atoms with Gasteiger partial charge in [0.2, 0.25) is 0 Å². The maximum Gasteiger partial charge on any atom is 0.194 e. The molecule has 3 aromatic heterocycles. The Morgan fingerprint density at radius 3 is 2.77 bits per heavy atom. The minimum atomic E-state index is 0.601. The molecule has 6 rings (SSSR count). The van der Waals surface area contributed by atoms with E-state index in [9.17, 15) is 0 Å². The summed E-state index contributed by atoms with van der Waals surface area (Å²) >= 11 is 1.78. The number of aromatic nitrogens is 4. The van der Waals surface area contributed by atoms with Crippen LogP contribution in [0.3, 0.4) is 0 Å². The molecule has 6 heteroatoms. The first-order valence-corrected chi connectivity index (χ1v) is 10.0. The Bertz CT molecular complexity index is 1120. The molecule has 1 aromatic carbocycles. The number of rotatable bonds is 2. The van der Waals surface area contributed by atoms with Crippen LogP contribution < -0.4 is 5.32 Å². The lowest BCUT2D eigenvalue weighted by Crippen LogP contribution is -2.59. The van der Waals surface area contributed by atoms with Gasteiger partial charge >= 0.3 is 0 Å². The lowest BCUT2D eigenvalue weighted by Gasteiger charge is -2.54. The van der Waals surface area contributed by atoms with Gasteiger partial charge in [-0.15, -0.1) is 0 Å². The number of hydrogen-bond donors (Lipinski definition) is 1. The summed E-state index contributed by atoms with van der Waals surface area (Å²) in [4.78, 5) is 7.31. The van der Waals surface area contributed by atoms with Crippen molar-refractivity contribution in [2.75, 3.05) is 13.1 Å². The van der Waals surface area contributed by atoms with Gasteiger partial charge in [-0.1, -0.05) is 11.3 Å². The Morgan fingerprint density at radius 1 is 1.19 bits per heavy atom. The second-order valence-electron chi connectivity index (χ2n) is 8.19. The van der Waals surface area contributed by atoms with E-state index in [1.165, 1.54) is 53.0 Å². The van der Waals surface area contributed by atoms with Crippen LogP contribution in [0.25, 0.3) is 26.3 Å². The third-order valence-electron chi connectivity index (χ3n) is 6.15. The molecule has 1 saturated carbocycles. The summed E-state index contributed by atoms with van der Waals surface area (Å²) in [6.07, 6.45) is 9.16. The van der Waals surface area contributed by atoms with E-state index in [0.29, 0.717) is 11.3 Å². The molecule has 0 atom stereocenters. The van der Waals surface area contributed by atoms with Crippen molar-refractivity contribution in [2.45, 2.75) is 25.7 Å². The van der Waals surface area contributed by atoms with Gasteiger partial charge in [0.25, 0.3) is 0 Å². The number of hydrogen-bond acceptors (Lipinski definition) is 4. The van der Waals surface area contributed by atoms with Crippen molar-refractivity contribution in [3.8, 4) is 10.4 Å². The second kappa shape index (κ2) is 4.96. The zero-order chi connectivity index (χ0) is 17.5. The fourth-order valence-electron chi connectivity index (χ4n) is 4.68. The van der Waals surface area contributed by atoms with Crippen LogP contribution in [0.1, 0.15) is 30.0 Å². The molecule has 1 saturated heterocycles. The number of imidazole rings is 1. The zero-order valence-electron chi connectivity index (χ0n) is 15.0. The molecule has 1 aliphatic carbocycles. The monoisotopic (exact) mass is 363 g/mol. The lowest BCUT2D eigenvalue weighted by atomic mass is 9.58. The van der Waals surface area contributed by atoms with Crippen LogP contribution in [-0.4, -0.2) is 32.3 Å². The molecular weight excluding hydrogens is 342 g/mol. The number of aryl methyl sites for hydroxylation is 2. The second-order valence-corrected chi connectivity index (χ2v) is 9.20. The van der Waals surface area contributed by atoms with Crippen LogP contribution in [0.2, 0.25) is 0 Å². The first-order chi connectivity index (χ1) is 12.6. The van der Waals surface area contributed by atoms with Crippen LogP contribution in [0.4, 0.5) is 0 Å². The van der Waals surface area contributed by atoms with Crippen LogP contribution in [0.15, 0.2) is 30.7 Å². The van der Waals surface area contributed by atoms with E-state index in [1.54, 1.807) is 11.3 Å². The standard InChI is InChI=1S/C20H21N5S/c1-12-3-13(4-14-7-24(2)23-18(12)14)17-9-25-8-16(22-19(25)26-17)15-5-20(6-15)10-21-11-20/h3-4,7-9,15,21H,5-6,10-11H2,1-2H3. The van der Waals surface area contributed by atoms with Crippen LogP contribution >= 0.6 is 11.3 Å². The van der Waals surface area contributed by atoms with Crippen molar-refractivity contribution in [1.29, 1.82) is 0 Å². The van der Waals surface area contributed by atoms with Gasteiger partial charge in [0.05, 0.1) is 16.1 Å². The normalized spacial score (nSPS) is 19.3. The Labute approximate surface area is 155 Å². The number of benzene rings is 1. The van der Waals surface area contributed by atoms with Crippen molar-refractivity contribution in [2.24, 2.45) is 12.5 Å². The predicted molar refractivity (Wildman–Crippen MR) is 105 cm³/mol. The highest BCUT2D eigenvalue weighted by Crippen LogP contribution is 2.53. The molecule has 1 N–H and O–H groups in total. The molecule has 1 spiro atoms. The van der Waals surface area contributed by atoms with Gasteiger partial charge in [0.15, 0.2) is 4.96 Å². The Kier molecular flexibility index (Phi) is 2.85. The van der Waals surface area contributed by atoms with E-state index < -0.39 is 0 Å². The van der Waals surface area contributed by atoms with E-state index >= 15 is 0 Å². The third-order valence-corrected chi connectivity index (χ3v) is 7.20. The van der Waals surface area contributed by atoms with Gasteiger partial charge in [0, 0.05) is 50.0 Å². The van der Waals surface area contributed by atoms with E-state index in [4.69, 9.17) is 4.98 Å². The smallest absolute Gasteiger partial charge is 0.194 e. The Balaban J connectivity index is 1.34. The molecule has 0 unspecified atom stereocenters. The highest BCUT2D eigenvalue weighted by molar-refractivity contribution is 7.20. The molecule has 0 bridgehead atoms. The molecule has 0 amide bonds. The minimum absolute atomic E-state index is 0.601. The van der Waals surface area contributed by atoms with Crippen molar-refractivity contribution in [3.05, 3.63) is 42.0 Å². The van der Waals surface area contributed by atoms with Crippen molar-refractivity contribution in [3.63, 3.8) is 0 Å². The molecule has 4 aromatic rings. The topological polar surface area (TPSA) is 47.1 Å². The molecule has 132 valence electrons. The van der Waals surface area contributed by atoms with Gasteiger partial charge in [-0.25, -0.2) is 4.98 Å². The third kappa shape index (κ3) is 2.06. The molecule has 2 aliphatic rings. The molecule has 2 fully saturated rings. The number of nitrogens with one attached hydrogen (secondary N) is 1. The van der Waals surface area contributed by atoms with E-state index in [1.807, 2.05) is 11.7 Å². The van der Waals surface area contributed by atoms with Gasteiger partial charge in [-0.3, -0.25) is 9.08 Å². The van der Waals surface area contributed by atoms with Crippen molar-refractivity contribution < 1.29 is 0 Å². The molecule has 1 aliphatic heterocycles. The highest BCUT2D eigenvalue weighted by Gasteiger charge is 2.49. The summed E-state index contributed by atoms with van der Waals surface area (Å²) < 4.78 is 4.10. The van der Waals surface area contributed by atoms with E-state index in [-0.39, 0.29) is 0 Å². The van der Waals surface area contributed by atoms with Crippen LogP contribution in [0.5, 0.6) is 0 Å². The van der Waals surface area contributed by atoms with Crippen molar-refractivity contribution in [1.82, 2.24) is 24.5 Å². The molecule has 0 radical (unpaired) electrons. The quantitative estimate of drug-likeness (QED) is 0.590. The highest BCUT2D eigenvalue weighted by atomic mass is 32.1. The number of nitrogens with zero attached hydrogens (tertiary/aromatic N) is 4. The summed E-state index contributed by atoms with van der Waals surface area (Å²) in [5, 5.41) is 9.16. The van der Waals surface area contributed by atoms with Gasteiger partial charge in [-0.05, 0) is 48.4 Å². The summed E-state index contributed by atoms with van der Waals surface area (Å²) in [5.74, 6) is 0.654. The number of thiazole rings is 1. The SMILES string of the molecule is Cc1cc(-c2cn3cc(C4CC5(CNC5)C4)nc3s2)cc2cn(C)nc12. The molecule has 26 heavy (non-hydrogen) atoms. The van der Waals surface area contributed by atoms with Gasteiger partial charge < -0.3 is 5.32 Å². The molecular formula is C20H21N5S. The van der Waals surface area contributed by atoms with Crippen LogP contribution in [0, 0.1) is 12.3 Å². The first kappa shape index (κ1) is 14.9. The van der Waals surface area contributed by atoms with E-state index in [2.05, 4.69) is 52.5 Å². The average Bonchev–Trinajstić information content (AvgIpc) is 3.16. The number of fused-ring (bicyclic) bond motifs is 2. The predicted octanol–water partition coefficient (Wildman–Crippen LogP) is 3.72. The maximum atomic E-state index is 4.94. The summed E-state index contributed by atoms with van der Waals surface area (Å²) in [7, 11) is 1.98. The minimum Gasteiger partial charge on any atom is -0.316 e. The van der Waals surface area contributed by atoms with E-state index in [0.717, 1.165) is 10.5 Å².